The summed E-state index contributed by atoms with van der Waals surface area (Å²) in [7, 11) is 1.59. The van der Waals surface area contributed by atoms with Crippen molar-refractivity contribution in [3.8, 4) is 17.2 Å². The van der Waals surface area contributed by atoms with Gasteiger partial charge in [-0.2, -0.15) is 5.10 Å². The molecule has 2 rings (SSSR count). The highest BCUT2D eigenvalue weighted by Gasteiger charge is 2.14. The first-order valence-electron chi connectivity index (χ1n) is 9.59. The van der Waals surface area contributed by atoms with Crippen molar-refractivity contribution in [2.75, 3.05) is 13.7 Å². The number of unbranched alkanes of at least 4 members (excludes halogenated alkanes) is 2. The van der Waals surface area contributed by atoms with Crippen molar-refractivity contribution in [1.82, 2.24) is 5.43 Å². The Kier molecular flexibility index (Phi) is 9.50. The van der Waals surface area contributed by atoms with E-state index in [0.717, 1.165) is 35.0 Å². The number of benzene rings is 2. The van der Waals surface area contributed by atoms with E-state index >= 15 is 0 Å². The molecule has 0 aliphatic heterocycles. The fraction of sp³-hybridized carbons (Fsp3) is 0.364. The average Bonchev–Trinajstić information content (AvgIpc) is 2.73. The molecule has 0 heterocycles. The number of hydrazone groups is 1. The Morgan fingerprint density at radius 2 is 1.83 bits per heavy atom. The van der Waals surface area contributed by atoms with Crippen LogP contribution in [0.2, 0.25) is 0 Å². The molecule has 156 valence electrons. The third-order valence-electron chi connectivity index (χ3n) is 4.10. The highest BCUT2D eigenvalue weighted by molar-refractivity contribution is 9.10. The standard InChI is InChI=1S/C22H27BrN2O4/c1-4-5-6-13-28-18-7-9-19(10-8-18)29-16(2)22(26)25-24-15-17-14-20(27-3)11-12-21(17)23/h7-12,14-16H,4-6,13H2,1-3H3,(H,25,26)/b24-15-. The predicted octanol–water partition coefficient (Wildman–Crippen LogP) is 4.94. The molecule has 0 saturated heterocycles. The molecule has 1 unspecified atom stereocenters. The highest BCUT2D eigenvalue weighted by Crippen LogP contribution is 2.21. The monoisotopic (exact) mass is 462 g/mol. The summed E-state index contributed by atoms with van der Waals surface area (Å²) >= 11 is 3.43. The lowest BCUT2D eigenvalue weighted by Gasteiger charge is -2.13. The molecule has 0 aromatic heterocycles. The quantitative estimate of drug-likeness (QED) is 0.291. The van der Waals surface area contributed by atoms with Crippen LogP contribution in [-0.4, -0.2) is 31.9 Å². The molecule has 1 amide bonds. The lowest BCUT2D eigenvalue weighted by Crippen LogP contribution is -2.33. The van der Waals surface area contributed by atoms with Crippen LogP contribution in [-0.2, 0) is 4.79 Å². The lowest BCUT2D eigenvalue weighted by molar-refractivity contribution is -0.127. The number of nitrogens with one attached hydrogen (secondary N) is 1. The van der Waals surface area contributed by atoms with Gasteiger partial charge in [0.05, 0.1) is 19.9 Å². The third kappa shape index (κ3) is 7.77. The molecule has 0 fully saturated rings. The number of amides is 1. The average molecular weight is 463 g/mol. The van der Waals surface area contributed by atoms with E-state index in [2.05, 4.69) is 33.4 Å². The minimum absolute atomic E-state index is 0.347. The normalized spacial score (nSPS) is 11.9. The Morgan fingerprint density at radius 3 is 2.52 bits per heavy atom. The van der Waals surface area contributed by atoms with E-state index in [-0.39, 0.29) is 5.91 Å². The summed E-state index contributed by atoms with van der Waals surface area (Å²) in [6, 6.07) is 12.7. The Hall–Kier alpha value is -2.54. The summed E-state index contributed by atoms with van der Waals surface area (Å²) in [5, 5.41) is 3.99. The zero-order chi connectivity index (χ0) is 21.1. The zero-order valence-corrected chi connectivity index (χ0v) is 18.6. The van der Waals surface area contributed by atoms with Crippen molar-refractivity contribution in [2.45, 2.75) is 39.2 Å². The largest absolute Gasteiger partial charge is 0.497 e. The number of carbonyl (C=O) groups is 1. The summed E-state index contributed by atoms with van der Waals surface area (Å²) in [5.41, 5.74) is 3.27. The number of methoxy groups -OCH3 is 1. The van der Waals surface area contributed by atoms with E-state index in [4.69, 9.17) is 14.2 Å². The fourth-order valence-electron chi connectivity index (χ4n) is 2.42. The number of nitrogens with zero attached hydrogens (tertiary/aromatic N) is 1. The lowest BCUT2D eigenvalue weighted by atomic mass is 10.2. The summed E-state index contributed by atoms with van der Waals surface area (Å²) in [6.45, 7) is 4.53. The van der Waals surface area contributed by atoms with E-state index < -0.39 is 6.10 Å². The second-order valence-corrected chi connectivity index (χ2v) is 7.26. The molecule has 0 radical (unpaired) electrons. The van der Waals surface area contributed by atoms with Crippen molar-refractivity contribution < 1.29 is 19.0 Å². The molecule has 0 aliphatic carbocycles. The maximum Gasteiger partial charge on any atom is 0.280 e. The van der Waals surface area contributed by atoms with Gasteiger partial charge in [0.15, 0.2) is 6.10 Å². The molecule has 6 nitrogen and oxygen atoms in total. The number of hydrogen-bond donors (Lipinski definition) is 1. The Bertz CT molecular complexity index is 809. The second-order valence-electron chi connectivity index (χ2n) is 6.41. The Morgan fingerprint density at radius 1 is 1.14 bits per heavy atom. The van der Waals surface area contributed by atoms with Gasteiger partial charge in [-0.05, 0) is 55.8 Å². The van der Waals surface area contributed by atoms with E-state index in [1.165, 1.54) is 0 Å². The van der Waals surface area contributed by atoms with Crippen LogP contribution in [0.4, 0.5) is 0 Å². The van der Waals surface area contributed by atoms with Gasteiger partial charge in [-0.15, -0.1) is 0 Å². The number of halogens is 1. The van der Waals surface area contributed by atoms with E-state index in [1.54, 1.807) is 32.4 Å². The van der Waals surface area contributed by atoms with Crippen molar-refractivity contribution in [3.63, 3.8) is 0 Å². The molecular weight excluding hydrogens is 436 g/mol. The molecule has 2 aromatic carbocycles. The van der Waals surface area contributed by atoms with Crippen molar-refractivity contribution in [3.05, 3.63) is 52.5 Å². The molecule has 0 bridgehead atoms. The minimum atomic E-state index is -0.697. The number of ether oxygens (including phenoxy) is 3. The van der Waals surface area contributed by atoms with Crippen LogP contribution in [0.25, 0.3) is 0 Å². The predicted molar refractivity (Wildman–Crippen MR) is 118 cm³/mol. The first kappa shape index (κ1) is 22.7. The van der Waals surface area contributed by atoms with E-state index in [0.29, 0.717) is 18.1 Å². The number of hydrogen-bond acceptors (Lipinski definition) is 5. The molecule has 0 spiro atoms. The summed E-state index contributed by atoms with van der Waals surface area (Å²) in [4.78, 5) is 12.2. The molecular formula is C22H27BrN2O4. The summed E-state index contributed by atoms with van der Waals surface area (Å²) in [5.74, 6) is 1.74. The van der Waals surface area contributed by atoms with Crippen LogP contribution in [0.5, 0.6) is 17.2 Å². The molecule has 2 aromatic rings. The molecule has 7 heteroatoms. The second kappa shape index (κ2) is 12.1. The highest BCUT2D eigenvalue weighted by atomic mass is 79.9. The van der Waals surface area contributed by atoms with Crippen molar-refractivity contribution in [1.29, 1.82) is 0 Å². The van der Waals surface area contributed by atoms with Gasteiger partial charge in [0.25, 0.3) is 5.91 Å². The van der Waals surface area contributed by atoms with Crippen LogP contribution in [0.3, 0.4) is 0 Å². The SMILES string of the molecule is CCCCCOc1ccc(OC(C)C(=O)N/N=C\c2cc(OC)ccc2Br)cc1. The van der Waals surface area contributed by atoms with Crippen LogP contribution in [0.1, 0.15) is 38.7 Å². The summed E-state index contributed by atoms with van der Waals surface area (Å²) < 4.78 is 17.4. The van der Waals surface area contributed by atoms with E-state index in [1.807, 2.05) is 30.3 Å². The van der Waals surface area contributed by atoms with Gasteiger partial charge >= 0.3 is 0 Å². The van der Waals surface area contributed by atoms with Crippen LogP contribution < -0.4 is 19.6 Å². The molecule has 1 N–H and O–H groups in total. The van der Waals surface area contributed by atoms with Gasteiger partial charge in [-0.25, -0.2) is 5.43 Å². The van der Waals surface area contributed by atoms with Crippen LogP contribution in [0.15, 0.2) is 52.0 Å². The van der Waals surface area contributed by atoms with Gasteiger partial charge in [-0.3, -0.25) is 4.79 Å². The van der Waals surface area contributed by atoms with Gasteiger partial charge in [0.1, 0.15) is 17.2 Å². The molecule has 0 saturated carbocycles. The van der Waals surface area contributed by atoms with Gasteiger partial charge < -0.3 is 14.2 Å². The maximum atomic E-state index is 12.2. The smallest absolute Gasteiger partial charge is 0.280 e. The fourth-order valence-corrected chi connectivity index (χ4v) is 2.77. The maximum absolute atomic E-state index is 12.2. The van der Waals surface area contributed by atoms with Crippen molar-refractivity contribution >= 4 is 28.1 Å². The Labute approximate surface area is 180 Å². The molecule has 0 aliphatic rings. The minimum Gasteiger partial charge on any atom is -0.497 e. The Balaban J connectivity index is 1.82. The van der Waals surface area contributed by atoms with E-state index in [9.17, 15) is 4.79 Å². The summed E-state index contributed by atoms with van der Waals surface area (Å²) in [6.07, 6.45) is 4.21. The van der Waals surface area contributed by atoms with Crippen molar-refractivity contribution in [2.24, 2.45) is 5.10 Å². The number of carbonyl (C=O) groups excluding carboxylic acids is 1. The topological polar surface area (TPSA) is 69.2 Å². The number of rotatable bonds is 11. The zero-order valence-electron chi connectivity index (χ0n) is 17.0. The van der Waals surface area contributed by atoms with Gasteiger partial charge in [-0.1, -0.05) is 35.7 Å². The van der Waals surface area contributed by atoms with Crippen LogP contribution >= 0.6 is 15.9 Å². The first-order chi connectivity index (χ1) is 14.0. The first-order valence-corrected chi connectivity index (χ1v) is 10.4. The molecule has 29 heavy (non-hydrogen) atoms. The molecule has 1 atom stereocenters. The van der Waals surface area contributed by atoms with Gasteiger partial charge in [0, 0.05) is 10.0 Å². The van der Waals surface area contributed by atoms with Gasteiger partial charge in [0.2, 0.25) is 0 Å². The van der Waals surface area contributed by atoms with Crippen LogP contribution in [0, 0.1) is 0 Å². The third-order valence-corrected chi connectivity index (χ3v) is 4.83.